The third kappa shape index (κ3) is 2.05. The van der Waals surface area contributed by atoms with Gasteiger partial charge in [-0.3, -0.25) is 0 Å². The Hall–Kier alpha value is -1.42. The third-order valence-corrected chi connectivity index (χ3v) is 3.62. The summed E-state index contributed by atoms with van der Waals surface area (Å²) in [5, 5.41) is 0. The van der Waals surface area contributed by atoms with E-state index in [1.807, 2.05) is 0 Å². The predicted molar refractivity (Wildman–Crippen MR) is 65.2 cm³/mol. The van der Waals surface area contributed by atoms with Gasteiger partial charge in [-0.15, -0.1) is 0 Å². The summed E-state index contributed by atoms with van der Waals surface area (Å²) >= 11 is 0. The van der Waals surface area contributed by atoms with Gasteiger partial charge in [0.1, 0.15) is 11.6 Å². The minimum atomic E-state index is -0.224. The molecule has 3 rings (SSSR count). The maximum absolute atomic E-state index is 13.1. The summed E-state index contributed by atoms with van der Waals surface area (Å²) in [7, 11) is 0. The molecule has 3 N–H and O–H groups in total. The van der Waals surface area contributed by atoms with Crippen LogP contribution in [0, 0.1) is 5.82 Å². The van der Waals surface area contributed by atoms with Crippen LogP contribution in [0.25, 0.3) is 11.0 Å². The van der Waals surface area contributed by atoms with Crippen LogP contribution in [0.2, 0.25) is 0 Å². The molecule has 1 saturated carbocycles. The van der Waals surface area contributed by atoms with Gasteiger partial charge in [0.15, 0.2) is 0 Å². The third-order valence-electron chi connectivity index (χ3n) is 3.62. The van der Waals surface area contributed by atoms with E-state index >= 15 is 0 Å². The van der Waals surface area contributed by atoms with Crippen LogP contribution in [0.5, 0.6) is 0 Å². The molecule has 0 radical (unpaired) electrons. The smallest absolute Gasteiger partial charge is 0.125 e. The average Bonchev–Trinajstić information content (AvgIpc) is 2.72. The number of H-pyrrole nitrogens is 1. The number of nitrogens with two attached hydrogens (primary N) is 1. The lowest BCUT2D eigenvalue weighted by molar-refractivity contribution is 0.386. The fourth-order valence-corrected chi connectivity index (χ4v) is 2.59. The zero-order valence-electron chi connectivity index (χ0n) is 9.62. The standard InChI is InChI=1S/C13H16FN3/c14-9-3-6-11-12(7-9)17-13(16-11)8-1-4-10(15)5-2-8/h3,6-8,10H,1-2,4-5,15H2,(H,16,17). The van der Waals surface area contributed by atoms with E-state index < -0.39 is 0 Å². The summed E-state index contributed by atoms with van der Waals surface area (Å²) < 4.78 is 13.1. The number of fused-ring (bicyclic) bond motifs is 1. The van der Waals surface area contributed by atoms with Gasteiger partial charge >= 0.3 is 0 Å². The zero-order chi connectivity index (χ0) is 11.8. The summed E-state index contributed by atoms with van der Waals surface area (Å²) in [6.45, 7) is 0. The van der Waals surface area contributed by atoms with Crippen molar-refractivity contribution in [3.63, 3.8) is 0 Å². The molecule has 0 bridgehead atoms. The van der Waals surface area contributed by atoms with Gasteiger partial charge < -0.3 is 10.7 Å². The van der Waals surface area contributed by atoms with Gasteiger partial charge in [0, 0.05) is 12.0 Å². The zero-order valence-corrected chi connectivity index (χ0v) is 9.62. The lowest BCUT2D eigenvalue weighted by Gasteiger charge is -2.24. The van der Waals surface area contributed by atoms with Crippen molar-refractivity contribution in [3.8, 4) is 0 Å². The Bertz CT molecular complexity index is 526. The molecule has 0 atom stereocenters. The highest BCUT2D eigenvalue weighted by molar-refractivity contribution is 5.75. The second-order valence-corrected chi connectivity index (χ2v) is 4.90. The fourth-order valence-electron chi connectivity index (χ4n) is 2.59. The lowest BCUT2D eigenvalue weighted by atomic mass is 9.86. The molecule has 4 heteroatoms. The highest BCUT2D eigenvalue weighted by Crippen LogP contribution is 2.31. The van der Waals surface area contributed by atoms with Crippen molar-refractivity contribution in [1.29, 1.82) is 0 Å². The first-order valence-corrected chi connectivity index (χ1v) is 6.13. The first-order chi connectivity index (χ1) is 8.22. The van der Waals surface area contributed by atoms with Crippen LogP contribution in [-0.2, 0) is 0 Å². The van der Waals surface area contributed by atoms with E-state index in [2.05, 4.69) is 9.97 Å². The average molecular weight is 233 g/mol. The van der Waals surface area contributed by atoms with Gasteiger partial charge in [-0.1, -0.05) is 0 Å². The maximum Gasteiger partial charge on any atom is 0.125 e. The number of nitrogens with one attached hydrogen (secondary N) is 1. The van der Waals surface area contributed by atoms with Crippen molar-refractivity contribution in [2.45, 2.75) is 37.6 Å². The molecule has 3 nitrogen and oxygen atoms in total. The Labute approximate surface area is 99.2 Å². The van der Waals surface area contributed by atoms with E-state index in [0.717, 1.165) is 42.5 Å². The normalized spacial score (nSPS) is 25.3. The molecule has 0 spiro atoms. The maximum atomic E-state index is 13.1. The Morgan fingerprint density at radius 2 is 2.00 bits per heavy atom. The quantitative estimate of drug-likeness (QED) is 0.795. The topological polar surface area (TPSA) is 54.7 Å². The molecule has 1 aliphatic carbocycles. The number of benzene rings is 1. The number of hydrogen-bond acceptors (Lipinski definition) is 2. The van der Waals surface area contributed by atoms with Crippen LogP contribution in [-0.4, -0.2) is 16.0 Å². The Morgan fingerprint density at radius 1 is 1.24 bits per heavy atom. The van der Waals surface area contributed by atoms with Crippen molar-refractivity contribution in [2.24, 2.45) is 5.73 Å². The Kier molecular flexibility index (Phi) is 2.59. The molecular formula is C13H16FN3. The van der Waals surface area contributed by atoms with Crippen molar-refractivity contribution < 1.29 is 4.39 Å². The molecule has 1 aromatic heterocycles. The van der Waals surface area contributed by atoms with E-state index in [1.54, 1.807) is 6.07 Å². The largest absolute Gasteiger partial charge is 0.342 e. The second kappa shape index (κ2) is 4.11. The molecule has 1 aromatic carbocycles. The number of halogens is 1. The summed E-state index contributed by atoms with van der Waals surface area (Å²) in [5.41, 5.74) is 7.52. The van der Waals surface area contributed by atoms with Crippen LogP contribution in [0.1, 0.15) is 37.4 Å². The molecule has 0 unspecified atom stereocenters. The van der Waals surface area contributed by atoms with Gasteiger partial charge in [-0.05, 0) is 43.9 Å². The van der Waals surface area contributed by atoms with Gasteiger partial charge in [-0.25, -0.2) is 9.37 Å². The van der Waals surface area contributed by atoms with Gasteiger partial charge in [-0.2, -0.15) is 0 Å². The first kappa shape index (κ1) is 10.7. The lowest BCUT2D eigenvalue weighted by Crippen LogP contribution is -2.26. The predicted octanol–water partition coefficient (Wildman–Crippen LogP) is 2.69. The molecule has 0 aliphatic heterocycles. The molecule has 2 aromatic rings. The van der Waals surface area contributed by atoms with E-state index in [-0.39, 0.29) is 5.82 Å². The molecule has 0 amide bonds. The molecule has 90 valence electrons. The van der Waals surface area contributed by atoms with Crippen molar-refractivity contribution in [3.05, 3.63) is 29.8 Å². The van der Waals surface area contributed by atoms with E-state index in [4.69, 9.17) is 5.73 Å². The van der Waals surface area contributed by atoms with Crippen LogP contribution in [0.15, 0.2) is 18.2 Å². The number of imidazole rings is 1. The van der Waals surface area contributed by atoms with E-state index in [0.29, 0.717) is 12.0 Å². The van der Waals surface area contributed by atoms with Crippen LogP contribution in [0.4, 0.5) is 4.39 Å². The van der Waals surface area contributed by atoms with Crippen molar-refractivity contribution in [1.82, 2.24) is 9.97 Å². The number of hydrogen-bond donors (Lipinski definition) is 2. The minimum absolute atomic E-state index is 0.224. The summed E-state index contributed by atoms with van der Waals surface area (Å²) in [5.74, 6) is 1.21. The number of rotatable bonds is 1. The summed E-state index contributed by atoms with van der Waals surface area (Å²) in [6, 6.07) is 5.01. The van der Waals surface area contributed by atoms with Gasteiger partial charge in [0.05, 0.1) is 11.0 Å². The molecule has 0 saturated heterocycles. The number of aromatic amines is 1. The minimum Gasteiger partial charge on any atom is -0.342 e. The number of nitrogens with zero attached hydrogens (tertiary/aromatic N) is 1. The van der Waals surface area contributed by atoms with Crippen LogP contribution in [0.3, 0.4) is 0 Å². The van der Waals surface area contributed by atoms with Crippen LogP contribution >= 0.6 is 0 Å². The van der Waals surface area contributed by atoms with Crippen molar-refractivity contribution >= 4 is 11.0 Å². The van der Waals surface area contributed by atoms with Gasteiger partial charge in [0.2, 0.25) is 0 Å². The fraction of sp³-hybridized carbons (Fsp3) is 0.462. The Balaban J connectivity index is 1.90. The monoisotopic (exact) mass is 233 g/mol. The van der Waals surface area contributed by atoms with Crippen LogP contribution < -0.4 is 5.73 Å². The molecular weight excluding hydrogens is 217 g/mol. The Morgan fingerprint density at radius 3 is 2.76 bits per heavy atom. The van der Waals surface area contributed by atoms with Gasteiger partial charge in [0.25, 0.3) is 0 Å². The highest BCUT2D eigenvalue weighted by Gasteiger charge is 2.22. The second-order valence-electron chi connectivity index (χ2n) is 4.90. The summed E-state index contributed by atoms with van der Waals surface area (Å²) in [4.78, 5) is 7.77. The van der Waals surface area contributed by atoms with E-state index in [9.17, 15) is 4.39 Å². The molecule has 1 heterocycles. The summed E-state index contributed by atoms with van der Waals surface area (Å²) in [6.07, 6.45) is 4.25. The number of aromatic nitrogens is 2. The SMILES string of the molecule is NC1CCC(c2nc3ccc(F)cc3[nH]2)CC1. The molecule has 1 aliphatic rings. The first-order valence-electron chi connectivity index (χ1n) is 6.13. The van der Waals surface area contributed by atoms with E-state index in [1.165, 1.54) is 12.1 Å². The molecule has 17 heavy (non-hydrogen) atoms. The van der Waals surface area contributed by atoms with Crippen molar-refractivity contribution in [2.75, 3.05) is 0 Å². The highest BCUT2D eigenvalue weighted by atomic mass is 19.1. The molecule has 1 fully saturated rings.